The van der Waals surface area contributed by atoms with Gasteiger partial charge in [0.1, 0.15) is 0 Å². The van der Waals surface area contributed by atoms with Crippen molar-refractivity contribution in [2.24, 2.45) is 0 Å². The Kier molecular flexibility index (Phi) is 8.55. The molecule has 0 aromatic heterocycles. The molecule has 0 saturated carbocycles. The first kappa shape index (κ1) is 19.0. The molecular weight excluding hydrogens is 494 g/mol. The van der Waals surface area contributed by atoms with Gasteiger partial charge < -0.3 is 0 Å². The summed E-state index contributed by atoms with van der Waals surface area (Å²) in [5.41, 5.74) is 0.784. The maximum atomic E-state index is 10.5. The third kappa shape index (κ3) is 6.39. The molecule has 0 bridgehead atoms. The molecule has 0 heterocycles. The van der Waals surface area contributed by atoms with E-state index in [9.17, 15) is 9.59 Å². The van der Waals surface area contributed by atoms with Gasteiger partial charge >= 0.3 is 151 Å². The van der Waals surface area contributed by atoms with Crippen molar-refractivity contribution >= 4 is 61.4 Å². The van der Waals surface area contributed by atoms with E-state index in [1.165, 1.54) is 7.16 Å². The molecule has 4 nitrogen and oxygen atoms in total. The molecule has 0 atom stereocenters. The first-order valence-electron chi connectivity index (χ1n) is 6.50. The van der Waals surface area contributed by atoms with Crippen molar-refractivity contribution in [1.82, 2.24) is 0 Å². The molecule has 0 aliphatic heterocycles. The first-order valence-corrected chi connectivity index (χ1v) is 15.1. The molecule has 0 amide bonds. The van der Waals surface area contributed by atoms with Gasteiger partial charge in [-0.1, -0.05) is 0 Å². The van der Waals surface area contributed by atoms with Crippen LogP contribution in [0.4, 0.5) is 0 Å². The Morgan fingerprint density at radius 3 is 1.77 bits per heavy atom. The molecule has 22 heavy (non-hydrogen) atoms. The summed E-state index contributed by atoms with van der Waals surface area (Å²) in [5.74, 6) is -1.68. The zero-order valence-electron chi connectivity index (χ0n) is 12.3. The molecule has 0 fully saturated rings. The van der Waals surface area contributed by atoms with Gasteiger partial charge in [-0.25, -0.2) is 0 Å². The molecule has 2 aromatic rings. The van der Waals surface area contributed by atoms with E-state index < -0.39 is 33.1 Å². The van der Waals surface area contributed by atoms with E-state index in [0.29, 0.717) is 11.1 Å². The fraction of sp³-hybridized carbons (Fsp3) is 0.125. The van der Waals surface area contributed by atoms with Crippen LogP contribution in [-0.4, -0.2) is 64.4 Å². The average Bonchev–Trinajstić information content (AvgIpc) is 2.55. The zero-order valence-corrected chi connectivity index (χ0v) is 18.0. The van der Waals surface area contributed by atoms with Crippen molar-refractivity contribution in [2.45, 2.75) is 9.88 Å². The van der Waals surface area contributed by atoms with Crippen LogP contribution in [0, 0.1) is 0 Å². The van der Waals surface area contributed by atoms with E-state index in [0.717, 1.165) is 0 Å². The Hall–Kier alpha value is -1.02. The number of carboxylic acid groups (broad SMARTS) is 2. The number of carboxylic acids is 2. The summed E-state index contributed by atoms with van der Waals surface area (Å²) in [6.07, 6.45) is 0. The van der Waals surface area contributed by atoms with Crippen molar-refractivity contribution < 1.29 is 19.8 Å². The van der Waals surface area contributed by atoms with Crippen molar-refractivity contribution in [3.8, 4) is 0 Å². The number of hydrogen-bond donors (Lipinski definition) is 2. The third-order valence-electron chi connectivity index (χ3n) is 2.82. The van der Waals surface area contributed by atoms with Gasteiger partial charge in [-0.05, 0) is 0 Å². The Morgan fingerprint density at radius 2 is 1.32 bits per heavy atom. The van der Waals surface area contributed by atoms with Crippen LogP contribution in [0.3, 0.4) is 0 Å². The van der Waals surface area contributed by atoms with Crippen LogP contribution >= 0.6 is 0 Å². The van der Waals surface area contributed by atoms with Crippen LogP contribution in [0.5, 0.6) is 0 Å². The summed E-state index contributed by atoms with van der Waals surface area (Å²) in [7, 11) is 0. The Morgan fingerprint density at radius 1 is 0.773 bits per heavy atom. The van der Waals surface area contributed by atoms with Crippen molar-refractivity contribution in [1.29, 1.82) is 0 Å². The molecule has 112 valence electrons. The standard InChI is InChI=1S/2C7H5O2.2CH3.2Sn/c2*8-7(9)6-4-2-1-3-5-6;;;;/h2-5H,(H,8,9);1-2,4-5H,(H,8,9);2*1H3;;. The van der Waals surface area contributed by atoms with Crippen LogP contribution in [0.25, 0.3) is 0 Å². The molecule has 2 N–H and O–H groups in total. The fourth-order valence-corrected chi connectivity index (χ4v) is 4.62. The molecule has 4 radical (unpaired) electrons. The molecule has 0 aliphatic carbocycles. The van der Waals surface area contributed by atoms with Crippen molar-refractivity contribution in [3.63, 3.8) is 0 Å². The molecular formula is C16H16O4Sn2. The van der Waals surface area contributed by atoms with Gasteiger partial charge in [-0.3, -0.25) is 0 Å². The monoisotopic (exact) mass is 512 g/mol. The molecule has 2 aromatic carbocycles. The van der Waals surface area contributed by atoms with Gasteiger partial charge in [0.25, 0.3) is 0 Å². The van der Waals surface area contributed by atoms with Gasteiger partial charge in [0.15, 0.2) is 0 Å². The maximum absolute atomic E-state index is 10.5. The minimum atomic E-state index is -0.849. The summed E-state index contributed by atoms with van der Waals surface area (Å²) in [5, 5.41) is 17.2. The second-order valence-corrected chi connectivity index (χ2v) is 10.4. The first-order chi connectivity index (χ1) is 10.5. The third-order valence-corrected chi connectivity index (χ3v) is 7.95. The molecule has 0 aliphatic rings. The molecule has 0 saturated heterocycles. The second-order valence-electron chi connectivity index (χ2n) is 4.27. The summed E-state index contributed by atoms with van der Waals surface area (Å²) in [4.78, 5) is 25.3. The Bertz CT molecular complexity index is 639. The summed E-state index contributed by atoms with van der Waals surface area (Å²) in [6, 6.07) is 14.4. The summed E-state index contributed by atoms with van der Waals surface area (Å²) < 4.78 is 2.56. The van der Waals surface area contributed by atoms with E-state index in [1.54, 1.807) is 24.3 Å². The number of hydrogen-bond acceptors (Lipinski definition) is 2. The number of aromatic carboxylic acids is 2. The molecule has 0 spiro atoms. The summed E-state index contributed by atoms with van der Waals surface area (Å²) in [6.45, 7) is 0. The van der Waals surface area contributed by atoms with Gasteiger partial charge in [-0.2, -0.15) is 0 Å². The molecule has 6 heteroatoms. The second kappa shape index (κ2) is 9.89. The number of carbonyl (C=O) groups is 2. The SMILES string of the molecule is [CH3][Sn][c]1ccc(C(=O)O)cc1.[CH3][Sn][c]1cccc(C(=O)O)c1. The van der Waals surface area contributed by atoms with Crippen LogP contribution in [0.1, 0.15) is 20.7 Å². The van der Waals surface area contributed by atoms with Crippen LogP contribution < -0.4 is 7.16 Å². The molecule has 0 unspecified atom stereocenters. The van der Waals surface area contributed by atoms with Crippen molar-refractivity contribution in [2.75, 3.05) is 0 Å². The minimum absolute atomic E-state index is 0.376. The van der Waals surface area contributed by atoms with E-state index in [4.69, 9.17) is 10.2 Å². The number of benzene rings is 2. The van der Waals surface area contributed by atoms with Crippen LogP contribution in [0.2, 0.25) is 9.88 Å². The van der Waals surface area contributed by atoms with Gasteiger partial charge in [-0.15, -0.1) is 0 Å². The number of rotatable bonds is 4. The van der Waals surface area contributed by atoms with Gasteiger partial charge in [0.2, 0.25) is 0 Å². The van der Waals surface area contributed by atoms with Crippen LogP contribution in [0.15, 0.2) is 48.5 Å². The van der Waals surface area contributed by atoms with Gasteiger partial charge in [0.05, 0.1) is 0 Å². The van der Waals surface area contributed by atoms with E-state index in [2.05, 4.69) is 9.88 Å². The van der Waals surface area contributed by atoms with E-state index in [-0.39, 0.29) is 21.1 Å². The van der Waals surface area contributed by atoms with Crippen molar-refractivity contribution in [3.05, 3.63) is 59.7 Å². The fourth-order valence-electron chi connectivity index (χ4n) is 1.59. The van der Waals surface area contributed by atoms with E-state index in [1.807, 2.05) is 24.3 Å². The average molecular weight is 510 g/mol. The Labute approximate surface area is 150 Å². The quantitative estimate of drug-likeness (QED) is 0.613. The normalized spacial score (nSPS) is 9.55. The zero-order chi connectivity index (χ0) is 16.5. The topological polar surface area (TPSA) is 74.6 Å². The Balaban J connectivity index is 0.000000220. The van der Waals surface area contributed by atoms with Gasteiger partial charge in [0, 0.05) is 0 Å². The predicted molar refractivity (Wildman–Crippen MR) is 89.3 cm³/mol. The predicted octanol–water partition coefficient (Wildman–Crippen LogP) is 1.52. The summed E-state index contributed by atoms with van der Waals surface area (Å²) >= 11 is -0.858. The molecule has 2 rings (SSSR count). The van der Waals surface area contributed by atoms with Crippen LogP contribution in [-0.2, 0) is 0 Å². The van der Waals surface area contributed by atoms with E-state index >= 15 is 0 Å².